The van der Waals surface area contributed by atoms with Crippen LogP contribution in [0, 0.1) is 0 Å². The van der Waals surface area contributed by atoms with Gasteiger partial charge in [-0.3, -0.25) is 9.89 Å². The lowest BCUT2D eigenvalue weighted by Gasteiger charge is -2.13. The lowest BCUT2D eigenvalue weighted by atomic mass is 10.0. The maximum absolute atomic E-state index is 12.5. The van der Waals surface area contributed by atoms with Gasteiger partial charge in [-0.25, -0.2) is 4.98 Å². The number of amides is 1. The molecule has 0 saturated heterocycles. The Hall–Kier alpha value is -2.71. The predicted octanol–water partition coefficient (Wildman–Crippen LogP) is 2.20. The fraction of sp³-hybridized carbons (Fsp3) is 0.278. The highest BCUT2D eigenvalue weighted by molar-refractivity contribution is 7.14. The Balaban J connectivity index is 1.72. The molecule has 1 aromatic carbocycles. The molecule has 2 aromatic heterocycles. The van der Waals surface area contributed by atoms with Crippen molar-refractivity contribution in [2.45, 2.75) is 6.42 Å². The molecule has 7 nitrogen and oxygen atoms in total. The van der Waals surface area contributed by atoms with E-state index in [0.29, 0.717) is 18.0 Å². The fourth-order valence-corrected chi connectivity index (χ4v) is 3.97. The van der Waals surface area contributed by atoms with E-state index in [-0.39, 0.29) is 19.1 Å². The quantitative estimate of drug-likeness (QED) is 0.735. The molecule has 26 heavy (non-hydrogen) atoms. The summed E-state index contributed by atoms with van der Waals surface area (Å²) in [5.74, 6) is 0.588. The van der Waals surface area contributed by atoms with Gasteiger partial charge in [0.25, 0.3) is 5.91 Å². The number of hydrogen-bond acceptors (Lipinski definition) is 6. The summed E-state index contributed by atoms with van der Waals surface area (Å²) in [4.78, 5) is 19.6. The minimum absolute atomic E-state index is 0.0687. The zero-order valence-corrected chi connectivity index (χ0v) is 15.0. The summed E-state index contributed by atoms with van der Waals surface area (Å²) in [6.45, 7) is 0.759. The molecular formula is C18H18N4O3S. The van der Waals surface area contributed by atoms with Crippen molar-refractivity contribution in [1.82, 2.24) is 20.1 Å². The third-order valence-electron chi connectivity index (χ3n) is 4.32. The number of aliphatic hydroxyl groups excluding tert-OH is 1. The number of ether oxygens (including phenoxy) is 1. The van der Waals surface area contributed by atoms with E-state index in [2.05, 4.69) is 15.2 Å². The van der Waals surface area contributed by atoms with Gasteiger partial charge in [0.2, 0.25) is 0 Å². The van der Waals surface area contributed by atoms with E-state index < -0.39 is 0 Å². The van der Waals surface area contributed by atoms with Gasteiger partial charge in [-0.1, -0.05) is 6.07 Å². The highest BCUT2D eigenvalue weighted by Gasteiger charge is 2.24. The van der Waals surface area contributed by atoms with Gasteiger partial charge >= 0.3 is 0 Å². The van der Waals surface area contributed by atoms with Gasteiger partial charge in [-0.15, -0.1) is 11.3 Å². The second-order valence-electron chi connectivity index (χ2n) is 6.04. The first-order valence-corrected chi connectivity index (χ1v) is 9.11. The maximum atomic E-state index is 12.5. The molecule has 0 saturated carbocycles. The molecule has 0 bridgehead atoms. The molecule has 4 rings (SSSR count). The number of aliphatic hydroxyl groups is 1. The molecule has 0 radical (unpaired) electrons. The van der Waals surface area contributed by atoms with Crippen molar-refractivity contribution in [2.24, 2.45) is 0 Å². The van der Waals surface area contributed by atoms with Gasteiger partial charge in [0.15, 0.2) is 5.01 Å². The van der Waals surface area contributed by atoms with Crippen LogP contribution in [0.15, 0.2) is 30.6 Å². The summed E-state index contributed by atoms with van der Waals surface area (Å²) in [5, 5.41) is 16.3. The van der Waals surface area contributed by atoms with Crippen LogP contribution in [0.2, 0.25) is 0 Å². The zero-order valence-electron chi connectivity index (χ0n) is 14.2. The molecule has 1 amide bonds. The summed E-state index contributed by atoms with van der Waals surface area (Å²) in [7, 11) is 1.67. The van der Waals surface area contributed by atoms with Crippen molar-refractivity contribution in [2.75, 3.05) is 26.8 Å². The van der Waals surface area contributed by atoms with Crippen LogP contribution in [0.3, 0.4) is 0 Å². The molecule has 0 atom stereocenters. The highest BCUT2D eigenvalue weighted by atomic mass is 32.1. The molecule has 0 fully saturated rings. The molecule has 0 unspecified atom stereocenters. The predicted molar refractivity (Wildman–Crippen MR) is 98.4 cm³/mol. The van der Waals surface area contributed by atoms with Gasteiger partial charge in [0, 0.05) is 42.2 Å². The van der Waals surface area contributed by atoms with Gasteiger partial charge in [-0.05, 0) is 17.7 Å². The van der Waals surface area contributed by atoms with E-state index >= 15 is 0 Å². The Kier molecular flexibility index (Phi) is 4.44. The molecule has 2 N–H and O–H groups in total. The van der Waals surface area contributed by atoms with Crippen LogP contribution in [-0.4, -0.2) is 57.9 Å². The smallest absolute Gasteiger partial charge is 0.282 e. The van der Waals surface area contributed by atoms with Crippen LogP contribution >= 0.6 is 11.3 Å². The highest BCUT2D eigenvalue weighted by Crippen LogP contribution is 2.39. The summed E-state index contributed by atoms with van der Waals surface area (Å²) >= 11 is 1.40. The summed E-state index contributed by atoms with van der Waals surface area (Å²) < 4.78 is 5.92. The molecule has 3 heterocycles. The molecule has 0 aliphatic carbocycles. The molecule has 134 valence electrons. The van der Waals surface area contributed by atoms with Gasteiger partial charge < -0.3 is 14.7 Å². The van der Waals surface area contributed by atoms with E-state index in [1.165, 1.54) is 16.2 Å². The topological polar surface area (TPSA) is 91.3 Å². The van der Waals surface area contributed by atoms with Crippen molar-refractivity contribution in [1.29, 1.82) is 0 Å². The first kappa shape index (κ1) is 16.7. The van der Waals surface area contributed by atoms with Crippen LogP contribution < -0.4 is 4.74 Å². The van der Waals surface area contributed by atoms with Crippen molar-refractivity contribution < 1.29 is 14.6 Å². The van der Waals surface area contributed by atoms with Crippen LogP contribution in [0.5, 0.6) is 5.75 Å². The van der Waals surface area contributed by atoms with Crippen molar-refractivity contribution in [3.8, 4) is 28.1 Å². The molecule has 0 spiro atoms. The number of nitrogens with one attached hydrogen (secondary N) is 1. The molecule has 1 aliphatic heterocycles. The van der Waals surface area contributed by atoms with Crippen LogP contribution in [0.25, 0.3) is 22.4 Å². The SMILES string of the molecule is CN(CCO)C(=O)c1nc2c(s1)CCOc1cc(-c3cn[nH]c3)ccc1-2. The number of rotatable bonds is 4. The first-order valence-electron chi connectivity index (χ1n) is 8.30. The van der Waals surface area contributed by atoms with E-state index in [0.717, 1.165) is 33.0 Å². The standard InChI is InChI=1S/C18H18N4O3S/c1-22(5-6-23)18(24)17-21-16-13-3-2-11(12-9-19-20-10-12)8-14(13)25-7-4-15(16)26-17/h2-3,8-10,23H,4-7H2,1H3,(H,19,20). The van der Waals surface area contributed by atoms with E-state index in [4.69, 9.17) is 9.84 Å². The van der Waals surface area contributed by atoms with E-state index in [1.54, 1.807) is 13.2 Å². The second-order valence-corrected chi connectivity index (χ2v) is 7.12. The number of H-pyrrole nitrogens is 1. The van der Waals surface area contributed by atoms with Crippen molar-refractivity contribution >= 4 is 17.2 Å². The Labute approximate surface area is 154 Å². The number of aromatic nitrogens is 3. The average Bonchev–Trinajstić information content (AvgIpc) is 3.29. The maximum Gasteiger partial charge on any atom is 0.282 e. The van der Waals surface area contributed by atoms with Crippen LogP contribution in [0.1, 0.15) is 14.7 Å². The number of likely N-dealkylation sites (N-methyl/N-ethyl adjacent to an activating group) is 1. The van der Waals surface area contributed by atoms with E-state index in [9.17, 15) is 4.79 Å². The summed E-state index contributed by atoms with van der Waals surface area (Å²) in [6, 6.07) is 5.96. The van der Waals surface area contributed by atoms with Crippen LogP contribution in [0.4, 0.5) is 0 Å². The van der Waals surface area contributed by atoms with E-state index in [1.807, 2.05) is 24.4 Å². The minimum Gasteiger partial charge on any atom is -0.492 e. The Morgan fingerprint density at radius 1 is 1.42 bits per heavy atom. The molecule has 3 aromatic rings. The molecular weight excluding hydrogens is 352 g/mol. The third kappa shape index (κ3) is 2.97. The normalized spacial score (nSPS) is 12.7. The number of aromatic amines is 1. The number of benzene rings is 1. The van der Waals surface area contributed by atoms with Gasteiger partial charge in [0.05, 0.1) is 25.1 Å². The fourth-order valence-electron chi connectivity index (χ4n) is 2.92. The largest absolute Gasteiger partial charge is 0.492 e. The lowest BCUT2D eigenvalue weighted by Crippen LogP contribution is -2.29. The lowest BCUT2D eigenvalue weighted by molar-refractivity contribution is 0.0766. The average molecular weight is 370 g/mol. The second kappa shape index (κ2) is 6.89. The number of hydrogen-bond donors (Lipinski definition) is 2. The first-order chi connectivity index (χ1) is 12.7. The monoisotopic (exact) mass is 370 g/mol. The molecule has 1 aliphatic rings. The van der Waals surface area contributed by atoms with Gasteiger partial charge in [0.1, 0.15) is 5.75 Å². The Morgan fingerprint density at radius 2 is 2.31 bits per heavy atom. The Bertz CT molecular complexity index is 936. The number of carbonyl (C=O) groups is 1. The summed E-state index contributed by atoms with van der Waals surface area (Å²) in [5.41, 5.74) is 3.70. The number of fused-ring (bicyclic) bond motifs is 3. The molecule has 8 heteroatoms. The number of nitrogens with zero attached hydrogens (tertiary/aromatic N) is 3. The minimum atomic E-state index is -0.172. The zero-order chi connectivity index (χ0) is 18.1. The number of carbonyl (C=O) groups excluding carboxylic acids is 1. The van der Waals surface area contributed by atoms with Crippen molar-refractivity contribution in [3.05, 3.63) is 40.5 Å². The summed E-state index contributed by atoms with van der Waals surface area (Å²) in [6.07, 6.45) is 4.31. The Morgan fingerprint density at radius 3 is 3.08 bits per heavy atom. The van der Waals surface area contributed by atoms with Crippen LogP contribution in [-0.2, 0) is 6.42 Å². The van der Waals surface area contributed by atoms with Crippen molar-refractivity contribution in [3.63, 3.8) is 0 Å². The van der Waals surface area contributed by atoms with Gasteiger partial charge in [-0.2, -0.15) is 5.10 Å². The third-order valence-corrected chi connectivity index (χ3v) is 5.42. The number of thiazole rings is 1.